The highest BCUT2D eigenvalue weighted by Crippen LogP contribution is 2.24. The van der Waals surface area contributed by atoms with Crippen LogP contribution in [0.1, 0.15) is 42.2 Å². The number of halogens is 1. The molecular formula is C21H31IN4O3S. The Balaban J connectivity index is 0.00000320. The summed E-state index contributed by atoms with van der Waals surface area (Å²) in [7, 11) is 0. The van der Waals surface area contributed by atoms with E-state index in [0.29, 0.717) is 37.8 Å². The van der Waals surface area contributed by atoms with Crippen LogP contribution in [0.15, 0.2) is 33.0 Å². The molecule has 30 heavy (non-hydrogen) atoms. The third kappa shape index (κ3) is 6.45. The third-order valence-electron chi connectivity index (χ3n) is 4.95. The fourth-order valence-corrected chi connectivity index (χ4v) is 4.17. The van der Waals surface area contributed by atoms with Gasteiger partial charge in [-0.2, -0.15) is 0 Å². The van der Waals surface area contributed by atoms with Crippen LogP contribution in [-0.2, 0) is 23.4 Å². The molecule has 2 aromatic heterocycles. The average molecular weight is 546 g/mol. The SMILES string of the molecule is CCNC(=NCC(C)(O)c1ccc(C)o1)NCCC(=O)N1CCc2sccc2C1.I. The molecule has 1 unspecified atom stereocenters. The van der Waals surface area contributed by atoms with Crippen LogP contribution in [0.3, 0.4) is 0 Å². The van der Waals surface area contributed by atoms with Crippen molar-refractivity contribution in [2.24, 2.45) is 4.99 Å². The summed E-state index contributed by atoms with van der Waals surface area (Å²) >= 11 is 1.77. The summed E-state index contributed by atoms with van der Waals surface area (Å²) in [5.41, 5.74) is 0.0752. The number of hydrogen-bond donors (Lipinski definition) is 3. The summed E-state index contributed by atoms with van der Waals surface area (Å²) in [6, 6.07) is 5.70. The number of amides is 1. The van der Waals surface area contributed by atoms with E-state index in [2.05, 4.69) is 27.1 Å². The quantitative estimate of drug-likeness (QED) is 0.282. The van der Waals surface area contributed by atoms with E-state index in [4.69, 9.17) is 4.42 Å². The van der Waals surface area contributed by atoms with Crippen molar-refractivity contribution in [3.63, 3.8) is 0 Å². The van der Waals surface area contributed by atoms with Crippen molar-refractivity contribution in [3.8, 4) is 0 Å². The molecule has 1 aliphatic heterocycles. The Morgan fingerprint density at radius 3 is 2.87 bits per heavy atom. The van der Waals surface area contributed by atoms with Gasteiger partial charge in [0.2, 0.25) is 5.91 Å². The van der Waals surface area contributed by atoms with Crippen LogP contribution in [0, 0.1) is 6.92 Å². The molecule has 0 saturated heterocycles. The summed E-state index contributed by atoms with van der Waals surface area (Å²) < 4.78 is 5.53. The lowest BCUT2D eigenvalue weighted by atomic mass is 10.0. The molecule has 166 valence electrons. The maximum Gasteiger partial charge on any atom is 0.224 e. The number of hydrogen-bond acceptors (Lipinski definition) is 5. The second kappa shape index (κ2) is 11.1. The van der Waals surface area contributed by atoms with Crippen LogP contribution in [0.5, 0.6) is 0 Å². The molecule has 0 aromatic carbocycles. The number of aliphatic hydroxyl groups is 1. The van der Waals surface area contributed by atoms with Crippen LogP contribution in [0.4, 0.5) is 0 Å². The fraction of sp³-hybridized carbons (Fsp3) is 0.524. The lowest BCUT2D eigenvalue weighted by Gasteiger charge is -2.27. The van der Waals surface area contributed by atoms with Gasteiger partial charge in [0.15, 0.2) is 5.96 Å². The zero-order chi connectivity index (χ0) is 20.9. The third-order valence-corrected chi connectivity index (χ3v) is 5.98. The Hall–Kier alpha value is -1.59. The lowest BCUT2D eigenvalue weighted by Crippen LogP contribution is -2.41. The molecule has 2 aromatic rings. The second-order valence-electron chi connectivity index (χ2n) is 7.49. The molecule has 1 aliphatic rings. The van der Waals surface area contributed by atoms with Gasteiger partial charge in [0.1, 0.15) is 17.1 Å². The summed E-state index contributed by atoms with van der Waals surface area (Å²) in [6.45, 7) is 8.31. The number of rotatable bonds is 7. The predicted octanol–water partition coefficient (Wildman–Crippen LogP) is 3.01. The molecule has 0 saturated carbocycles. The molecule has 0 bridgehead atoms. The minimum atomic E-state index is -1.20. The molecule has 3 N–H and O–H groups in total. The topological polar surface area (TPSA) is 90.1 Å². The van der Waals surface area contributed by atoms with Crippen molar-refractivity contribution < 1.29 is 14.3 Å². The second-order valence-corrected chi connectivity index (χ2v) is 8.49. The van der Waals surface area contributed by atoms with Gasteiger partial charge in [-0.05, 0) is 56.3 Å². The van der Waals surface area contributed by atoms with Gasteiger partial charge in [-0.25, -0.2) is 4.99 Å². The number of carbonyl (C=O) groups is 1. The zero-order valence-corrected chi connectivity index (χ0v) is 20.9. The van der Waals surface area contributed by atoms with Gasteiger partial charge in [0.05, 0.1) is 6.54 Å². The largest absolute Gasteiger partial charge is 0.463 e. The van der Waals surface area contributed by atoms with Crippen LogP contribution < -0.4 is 10.6 Å². The highest BCUT2D eigenvalue weighted by atomic mass is 127. The number of thiophene rings is 1. The van der Waals surface area contributed by atoms with Crippen LogP contribution >= 0.6 is 35.3 Å². The van der Waals surface area contributed by atoms with E-state index >= 15 is 0 Å². The Labute approximate surface area is 199 Å². The van der Waals surface area contributed by atoms with Crippen molar-refractivity contribution in [2.45, 2.75) is 45.8 Å². The lowest BCUT2D eigenvalue weighted by molar-refractivity contribution is -0.131. The van der Waals surface area contributed by atoms with E-state index in [9.17, 15) is 9.90 Å². The Morgan fingerprint density at radius 1 is 1.37 bits per heavy atom. The molecule has 0 fully saturated rings. The van der Waals surface area contributed by atoms with Crippen molar-refractivity contribution in [2.75, 3.05) is 26.2 Å². The first-order valence-corrected chi connectivity index (χ1v) is 10.9. The summed E-state index contributed by atoms with van der Waals surface area (Å²) in [6.07, 6.45) is 1.34. The number of aliphatic imine (C=N–C) groups is 1. The van der Waals surface area contributed by atoms with E-state index in [1.807, 2.05) is 24.8 Å². The van der Waals surface area contributed by atoms with Gasteiger partial charge in [0.25, 0.3) is 0 Å². The highest BCUT2D eigenvalue weighted by molar-refractivity contribution is 14.0. The number of nitrogens with zero attached hydrogens (tertiary/aromatic N) is 2. The number of fused-ring (bicyclic) bond motifs is 1. The van der Waals surface area contributed by atoms with E-state index in [1.54, 1.807) is 24.3 Å². The maximum atomic E-state index is 12.6. The van der Waals surface area contributed by atoms with Gasteiger partial charge in [-0.15, -0.1) is 35.3 Å². The Kier molecular flexibility index (Phi) is 9.17. The monoisotopic (exact) mass is 546 g/mol. The predicted molar refractivity (Wildman–Crippen MR) is 130 cm³/mol. The molecule has 0 radical (unpaired) electrons. The Morgan fingerprint density at radius 2 is 2.17 bits per heavy atom. The van der Waals surface area contributed by atoms with Gasteiger partial charge in [-0.3, -0.25) is 4.79 Å². The minimum Gasteiger partial charge on any atom is -0.463 e. The molecular weight excluding hydrogens is 515 g/mol. The van der Waals surface area contributed by atoms with Crippen molar-refractivity contribution in [3.05, 3.63) is 45.5 Å². The van der Waals surface area contributed by atoms with Crippen LogP contribution in [0.2, 0.25) is 0 Å². The fourth-order valence-electron chi connectivity index (χ4n) is 3.28. The van der Waals surface area contributed by atoms with Gasteiger partial charge >= 0.3 is 0 Å². The number of guanidine groups is 1. The first-order valence-electron chi connectivity index (χ1n) is 10.0. The van der Waals surface area contributed by atoms with Gasteiger partial charge in [0, 0.05) is 37.5 Å². The first kappa shape index (κ1) is 24.7. The normalized spacial score (nSPS) is 15.7. The molecule has 0 spiro atoms. The maximum absolute atomic E-state index is 12.6. The van der Waals surface area contributed by atoms with Crippen molar-refractivity contribution in [1.82, 2.24) is 15.5 Å². The average Bonchev–Trinajstić information content (AvgIpc) is 3.34. The molecule has 3 rings (SSSR count). The summed E-state index contributed by atoms with van der Waals surface area (Å²) in [5.74, 6) is 1.95. The highest BCUT2D eigenvalue weighted by Gasteiger charge is 2.27. The molecule has 1 amide bonds. The van der Waals surface area contributed by atoms with Crippen LogP contribution in [0.25, 0.3) is 0 Å². The molecule has 7 nitrogen and oxygen atoms in total. The number of nitrogens with one attached hydrogen (secondary N) is 2. The van der Waals surface area contributed by atoms with Crippen molar-refractivity contribution in [1.29, 1.82) is 0 Å². The van der Waals surface area contributed by atoms with Crippen LogP contribution in [-0.4, -0.2) is 48.1 Å². The first-order chi connectivity index (χ1) is 13.9. The minimum absolute atomic E-state index is 0. The smallest absolute Gasteiger partial charge is 0.224 e. The molecule has 9 heteroatoms. The van der Waals surface area contributed by atoms with Gasteiger partial charge < -0.3 is 25.1 Å². The van der Waals surface area contributed by atoms with Crippen molar-refractivity contribution >= 4 is 47.2 Å². The van der Waals surface area contributed by atoms with E-state index in [0.717, 1.165) is 18.7 Å². The molecule has 0 aliphatic carbocycles. The van der Waals surface area contributed by atoms with Gasteiger partial charge in [-0.1, -0.05) is 0 Å². The number of aryl methyl sites for hydroxylation is 1. The molecule has 3 heterocycles. The standard InChI is InChI=1S/C21H30N4O3S.HI/c1-4-22-20(24-14-21(3,27)18-6-5-15(2)28-18)23-10-7-19(26)25-11-8-17-16(13-25)9-12-29-17;/h5-6,9,12,27H,4,7-8,10-11,13-14H2,1-3H3,(H2,22,23,24);1H. The molecule has 1 atom stereocenters. The summed E-state index contributed by atoms with van der Waals surface area (Å²) in [4.78, 5) is 20.3. The number of carbonyl (C=O) groups excluding carboxylic acids is 1. The van der Waals surface area contributed by atoms with E-state index < -0.39 is 5.60 Å². The summed E-state index contributed by atoms with van der Waals surface area (Å²) in [5, 5.41) is 19.1. The van der Waals surface area contributed by atoms with E-state index in [1.165, 1.54) is 10.4 Å². The van der Waals surface area contributed by atoms with E-state index in [-0.39, 0.29) is 36.4 Å². The number of furan rings is 1. The zero-order valence-electron chi connectivity index (χ0n) is 17.7. The Bertz CT molecular complexity index is 862.